The summed E-state index contributed by atoms with van der Waals surface area (Å²) >= 11 is 0. The molecule has 0 amide bonds. The molecule has 1 N–H and O–H groups in total. The van der Waals surface area contributed by atoms with E-state index in [0.717, 1.165) is 47.3 Å². The maximum Gasteiger partial charge on any atom is 0.269 e. The van der Waals surface area contributed by atoms with Crippen molar-refractivity contribution in [1.82, 2.24) is 15.0 Å². The van der Waals surface area contributed by atoms with Gasteiger partial charge in [0, 0.05) is 35.9 Å². The maximum absolute atomic E-state index is 11.2. The standard InChI is InChI=1S/C20H19N3O4S/c24-28(25,26)13-14-8-15(11-21-10-14)18-9-20(23-19-6-3-5-17(18)19)27-12-16-4-1-2-7-22-16/h1-2,4,7-11H,3,5-6,12-13H2,(H,24,25,26). The zero-order valence-corrected chi connectivity index (χ0v) is 15.9. The lowest BCUT2D eigenvalue weighted by molar-refractivity contribution is 0.288. The lowest BCUT2D eigenvalue weighted by Gasteiger charge is -2.13. The molecule has 4 rings (SSSR count). The molecule has 0 spiro atoms. The van der Waals surface area contributed by atoms with Crippen molar-refractivity contribution in [3.05, 3.63) is 71.4 Å². The zero-order valence-electron chi connectivity index (χ0n) is 15.1. The van der Waals surface area contributed by atoms with E-state index >= 15 is 0 Å². The summed E-state index contributed by atoms with van der Waals surface area (Å²) in [5, 5.41) is 0. The minimum Gasteiger partial charge on any atom is -0.471 e. The van der Waals surface area contributed by atoms with Crippen molar-refractivity contribution >= 4 is 10.1 Å². The molecule has 7 nitrogen and oxygen atoms in total. The molecule has 3 aromatic heterocycles. The zero-order chi connectivity index (χ0) is 19.6. The van der Waals surface area contributed by atoms with E-state index in [1.54, 1.807) is 18.5 Å². The molecule has 0 bridgehead atoms. The summed E-state index contributed by atoms with van der Waals surface area (Å²) < 4.78 is 37.4. The van der Waals surface area contributed by atoms with Crippen molar-refractivity contribution in [3.8, 4) is 17.0 Å². The summed E-state index contributed by atoms with van der Waals surface area (Å²) in [4.78, 5) is 13.0. The quantitative estimate of drug-likeness (QED) is 0.638. The van der Waals surface area contributed by atoms with E-state index in [1.165, 1.54) is 6.20 Å². The molecule has 0 aromatic carbocycles. The van der Waals surface area contributed by atoms with E-state index in [1.807, 2.05) is 24.3 Å². The van der Waals surface area contributed by atoms with E-state index < -0.39 is 15.9 Å². The second-order valence-electron chi connectivity index (χ2n) is 6.70. The van der Waals surface area contributed by atoms with Gasteiger partial charge in [0.15, 0.2) is 0 Å². The van der Waals surface area contributed by atoms with E-state index in [4.69, 9.17) is 9.29 Å². The molecule has 0 saturated heterocycles. The van der Waals surface area contributed by atoms with Gasteiger partial charge in [0.25, 0.3) is 10.1 Å². The molecule has 3 heterocycles. The Hall–Kier alpha value is -2.84. The van der Waals surface area contributed by atoms with Crippen molar-refractivity contribution in [2.75, 3.05) is 0 Å². The first-order chi connectivity index (χ1) is 13.5. The molecule has 0 saturated carbocycles. The topological polar surface area (TPSA) is 102 Å². The molecule has 1 aliphatic rings. The van der Waals surface area contributed by atoms with Gasteiger partial charge in [-0.1, -0.05) is 6.07 Å². The van der Waals surface area contributed by atoms with Gasteiger partial charge >= 0.3 is 0 Å². The maximum atomic E-state index is 11.2. The van der Waals surface area contributed by atoms with Gasteiger partial charge in [-0.2, -0.15) is 8.42 Å². The van der Waals surface area contributed by atoms with Crippen molar-refractivity contribution in [2.24, 2.45) is 0 Å². The Bertz CT molecular complexity index is 1100. The number of ether oxygens (including phenoxy) is 1. The van der Waals surface area contributed by atoms with Gasteiger partial charge in [0.2, 0.25) is 5.88 Å². The number of nitrogens with zero attached hydrogens (tertiary/aromatic N) is 3. The van der Waals surface area contributed by atoms with Gasteiger partial charge < -0.3 is 4.74 Å². The molecule has 0 fully saturated rings. The van der Waals surface area contributed by atoms with Gasteiger partial charge in [-0.15, -0.1) is 0 Å². The molecule has 0 unspecified atom stereocenters. The highest BCUT2D eigenvalue weighted by atomic mass is 32.2. The van der Waals surface area contributed by atoms with Crippen LogP contribution in [-0.2, 0) is 35.3 Å². The highest BCUT2D eigenvalue weighted by Crippen LogP contribution is 2.34. The normalized spacial score (nSPS) is 13.3. The van der Waals surface area contributed by atoms with Crippen LogP contribution in [0.5, 0.6) is 5.88 Å². The second kappa shape index (κ2) is 7.65. The van der Waals surface area contributed by atoms with Crippen molar-refractivity contribution in [2.45, 2.75) is 31.6 Å². The first-order valence-electron chi connectivity index (χ1n) is 8.93. The van der Waals surface area contributed by atoms with Gasteiger partial charge in [0.05, 0.1) is 5.69 Å². The molecule has 28 heavy (non-hydrogen) atoms. The fourth-order valence-electron chi connectivity index (χ4n) is 3.40. The third kappa shape index (κ3) is 4.35. The van der Waals surface area contributed by atoms with Gasteiger partial charge in [-0.3, -0.25) is 14.5 Å². The Labute approximate surface area is 163 Å². The largest absolute Gasteiger partial charge is 0.471 e. The molecule has 1 aliphatic carbocycles. The van der Waals surface area contributed by atoms with Crippen molar-refractivity contribution in [1.29, 1.82) is 0 Å². The molecule has 0 radical (unpaired) electrons. The van der Waals surface area contributed by atoms with Crippen LogP contribution in [0, 0.1) is 0 Å². The average Bonchev–Trinajstić information content (AvgIpc) is 3.14. The van der Waals surface area contributed by atoms with Gasteiger partial charge in [0.1, 0.15) is 12.4 Å². The lowest BCUT2D eigenvalue weighted by atomic mass is 10.0. The second-order valence-corrected chi connectivity index (χ2v) is 8.16. The summed E-state index contributed by atoms with van der Waals surface area (Å²) in [6, 6.07) is 9.23. The van der Waals surface area contributed by atoms with Gasteiger partial charge in [-0.05, 0) is 54.2 Å². The Morgan fingerprint density at radius 1 is 1.14 bits per heavy atom. The number of hydrogen-bond donors (Lipinski definition) is 1. The summed E-state index contributed by atoms with van der Waals surface area (Å²) in [7, 11) is -4.12. The molecular weight excluding hydrogens is 378 g/mol. The average molecular weight is 397 g/mol. The first kappa shape index (κ1) is 18.5. The van der Waals surface area contributed by atoms with Crippen LogP contribution < -0.4 is 4.74 Å². The third-order valence-corrected chi connectivity index (χ3v) is 5.27. The number of aryl methyl sites for hydroxylation is 1. The van der Waals surface area contributed by atoms with Gasteiger partial charge in [-0.25, -0.2) is 4.98 Å². The fourth-order valence-corrected chi connectivity index (χ4v) is 3.98. The molecule has 3 aromatic rings. The van der Waals surface area contributed by atoms with E-state index in [2.05, 4.69) is 15.0 Å². The van der Waals surface area contributed by atoms with Crippen LogP contribution in [0.2, 0.25) is 0 Å². The minimum absolute atomic E-state index is 0.313. The van der Waals surface area contributed by atoms with E-state index in [9.17, 15) is 8.42 Å². The predicted octanol–water partition coefficient (Wildman–Crippen LogP) is 2.99. The van der Waals surface area contributed by atoms with E-state index in [-0.39, 0.29) is 0 Å². The number of fused-ring (bicyclic) bond motifs is 1. The van der Waals surface area contributed by atoms with Crippen molar-refractivity contribution < 1.29 is 17.7 Å². The van der Waals surface area contributed by atoms with Crippen molar-refractivity contribution in [3.63, 3.8) is 0 Å². The van der Waals surface area contributed by atoms with Crippen LogP contribution in [0.3, 0.4) is 0 Å². The number of hydrogen-bond acceptors (Lipinski definition) is 6. The summed E-state index contributed by atoms with van der Waals surface area (Å²) in [6.07, 6.45) is 7.63. The van der Waals surface area contributed by atoms with Crippen LogP contribution >= 0.6 is 0 Å². The first-order valence-corrected chi connectivity index (χ1v) is 10.5. The highest BCUT2D eigenvalue weighted by Gasteiger charge is 2.20. The summed E-state index contributed by atoms with van der Waals surface area (Å²) in [5.74, 6) is 0.0333. The van der Waals surface area contributed by atoms with Crippen LogP contribution in [0.25, 0.3) is 11.1 Å². The smallest absolute Gasteiger partial charge is 0.269 e. The fraction of sp³-hybridized carbons (Fsp3) is 0.250. The number of aromatic nitrogens is 3. The van der Waals surface area contributed by atoms with Crippen LogP contribution in [-0.4, -0.2) is 27.9 Å². The molecule has 0 aliphatic heterocycles. The Kier molecular flexibility index (Phi) is 5.06. The lowest BCUT2D eigenvalue weighted by Crippen LogP contribution is -2.04. The number of rotatable bonds is 6. The molecule has 0 atom stereocenters. The van der Waals surface area contributed by atoms with E-state index in [0.29, 0.717) is 18.1 Å². The molecule has 144 valence electrons. The number of pyridine rings is 3. The van der Waals surface area contributed by atoms with Crippen LogP contribution in [0.4, 0.5) is 0 Å². The molecular formula is C20H19N3O4S. The van der Waals surface area contributed by atoms with Crippen LogP contribution in [0.1, 0.15) is 28.9 Å². The highest BCUT2D eigenvalue weighted by molar-refractivity contribution is 7.85. The SMILES string of the molecule is O=S(=O)(O)Cc1cncc(-c2cc(OCc3ccccn3)nc3c2CCC3)c1. The summed E-state index contributed by atoms with van der Waals surface area (Å²) in [6.45, 7) is 0.313. The predicted molar refractivity (Wildman–Crippen MR) is 103 cm³/mol. The monoisotopic (exact) mass is 397 g/mol. The Balaban J connectivity index is 1.67. The van der Waals surface area contributed by atoms with Crippen LogP contribution in [0.15, 0.2) is 48.9 Å². The Morgan fingerprint density at radius 2 is 2.04 bits per heavy atom. The third-order valence-electron chi connectivity index (χ3n) is 4.58. The summed E-state index contributed by atoms with van der Waals surface area (Å²) in [5.41, 5.74) is 5.08. The molecule has 8 heteroatoms. The minimum atomic E-state index is -4.12. The Morgan fingerprint density at radius 3 is 2.82 bits per heavy atom.